The van der Waals surface area contributed by atoms with E-state index in [1.807, 2.05) is 55.6 Å². The molecule has 0 saturated carbocycles. The van der Waals surface area contributed by atoms with Crippen LogP contribution in [0, 0.1) is 13.8 Å². The van der Waals surface area contributed by atoms with Crippen LogP contribution in [0.5, 0.6) is 0 Å². The molecule has 0 aliphatic rings. The number of carbonyl (C=O) groups excluding carboxylic acids is 1. The second kappa shape index (κ2) is 13.5. The Morgan fingerprint density at radius 3 is 2.31 bits per heavy atom. The van der Waals surface area contributed by atoms with Gasteiger partial charge in [-0.05, 0) is 83.7 Å². The summed E-state index contributed by atoms with van der Waals surface area (Å²) in [5, 5.41) is 14.5. The van der Waals surface area contributed by atoms with Crippen molar-refractivity contribution in [2.75, 3.05) is 16.9 Å². The van der Waals surface area contributed by atoms with Crippen molar-refractivity contribution in [3.05, 3.63) is 111 Å². The highest BCUT2D eigenvalue weighted by molar-refractivity contribution is 7.98. The minimum absolute atomic E-state index is 0.370. The second-order valence-electron chi connectivity index (χ2n) is 9.54. The average molecular weight is 559 g/mol. The minimum atomic E-state index is -1.02. The van der Waals surface area contributed by atoms with E-state index in [0.29, 0.717) is 24.3 Å². The highest BCUT2D eigenvalue weighted by Crippen LogP contribution is 2.32. The molecule has 0 spiro atoms. The monoisotopic (exact) mass is 558 g/mol. The molecular formula is C32H34N2O3S2. The molecule has 0 fully saturated rings. The topological polar surface area (TPSA) is 69.6 Å². The van der Waals surface area contributed by atoms with Crippen molar-refractivity contribution >= 4 is 40.7 Å². The number of carboxylic acids is 1. The van der Waals surface area contributed by atoms with Crippen molar-refractivity contribution in [3.63, 3.8) is 0 Å². The molecule has 4 aromatic rings. The van der Waals surface area contributed by atoms with Gasteiger partial charge in [-0.15, -0.1) is 11.3 Å². The number of nitrogens with one attached hydrogen (secondary N) is 1. The zero-order valence-electron chi connectivity index (χ0n) is 22.5. The number of anilines is 1. The van der Waals surface area contributed by atoms with Gasteiger partial charge in [0.1, 0.15) is 6.04 Å². The predicted octanol–water partition coefficient (Wildman–Crippen LogP) is 7.17. The number of nitrogens with zero attached hydrogens (tertiary/aromatic N) is 1. The highest BCUT2D eigenvalue weighted by atomic mass is 32.2. The number of aryl methyl sites for hydroxylation is 2. The zero-order valence-corrected chi connectivity index (χ0v) is 24.1. The maximum absolute atomic E-state index is 13.4. The van der Waals surface area contributed by atoms with Gasteiger partial charge in [-0.2, -0.15) is 11.8 Å². The Hall–Kier alpha value is -3.55. The van der Waals surface area contributed by atoms with Crippen molar-refractivity contribution in [2.24, 2.45) is 0 Å². The van der Waals surface area contributed by atoms with Crippen LogP contribution in [0.3, 0.4) is 0 Å². The first-order valence-corrected chi connectivity index (χ1v) is 15.2. The van der Waals surface area contributed by atoms with Gasteiger partial charge in [-0.3, -0.25) is 4.79 Å². The quantitative estimate of drug-likeness (QED) is 0.193. The standard InChI is InChI=1S/C32H34N2O3S2/c1-22-9-7-8-12-26(22)28-19-25(13-14-27(28)31(35)33-29(32(36)37)15-17-38-3)21-34(30-16-18-39-23(30)2)20-24-10-5-4-6-11-24/h4-14,16,18-19,29H,15,17,20-21H2,1-3H3,(H,33,35)(H,36,37)/t29-/m0/s1. The van der Waals surface area contributed by atoms with Crippen molar-refractivity contribution in [1.29, 1.82) is 0 Å². The molecule has 0 aliphatic heterocycles. The molecule has 4 rings (SSSR count). The van der Waals surface area contributed by atoms with Crippen LogP contribution in [-0.2, 0) is 17.9 Å². The van der Waals surface area contributed by atoms with E-state index >= 15 is 0 Å². The Bertz CT molecular complexity index is 1420. The van der Waals surface area contributed by atoms with Gasteiger partial charge in [0.15, 0.2) is 0 Å². The van der Waals surface area contributed by atoms with Gasteiger partial charge < -0.3 is 15.3 Å². The van der Waals surface area contributed by atoms with E-state index in [1.165, 1.54) is 16.1 Å². The van der Waals surface area contributed by atoms with Gasteiger partial charge in [0.05, 0.1) is 5.69 Å². The van der Waals surface area contributed by atoms with Crippen LogP contribution in [0.25, 0.3) is 11.1 Å². The molecule has 39 heavy (non-hydrogen) atoms. The Morgan fingerprint density at radius 1 is 0.923 bits per heavy atom. The van der Waals surface area contributed by atoms with Gasteiger partial charge in [0, 0.05) is 23.5 Å². The fraction of sp³-hybridized carbons (Fsp3) is 0.250. The van der Waals surface area contributed by atoms with E-state index in [-0.39, 0.29) is 5.91 Å². The van der Waals surface area contributed by atoms with Gasteiger partial charge in [-0.25, -0.2) is 4.79 Å². The predicted molar refractivity (Wildman–Crippen MR) is 164 cm³/mol. The fourth-order valence-corrected chi connectivity index (χ4v) is 5.86. The van der Waals surface area contributed by atoms with E-state index in [1.54, 1.807) is 23.1 Å². The molecule has 0 bridgehead atoms. The summed E-state index contributed by atoms with van der Waals surface area (Å²) in [7, 11) is 0. The first-order chi connectivity index (χ1) is 18.9. The summed E-state index contributed by atoms with van der Waals surface area (Å²) in [6, 6.07) is 25.5. The van der Waals surface area contributed by atoms with Gasteiger partial charge >= 0.3 is 5.97 Å². The van der Waals surface area contributed by atoms with Crippen LogP contribution in [0.1, 0.15) is 38.3 Å². The average Bonchev–Trinajstić information content (AvgIpc) is 3.37. The van der Waals surface area contributed by atoms with Crippen LogP contribution >= 0.6 is 23.1 Å². The molecule has 0 aliphatic carbocycles. The Morgan fingerprint density at radius 2 is 1.64 bits per heavy atom. The number of hydrogen-bond donors (Lipinski definition) is 2. The number of thiophene rings is 1. The number of thioether (sulfide) groups is 1. The molecule has 5 nitrogen and oxygen atoms in total. The number of carboxylic acid groups (broad SMARTS) is 1. The summed E-state index contributed by atoms with van der Waals surface area (Å²) in [6.45, 7) is 5.59. The van der Waals surface area contributed by atoms with Crippen molar-refractivity contribution < 1.29 is 14.7 Å². The molecule has 1 heterocycles. The summed E-state index contributed by atoms with van der Waals surface area (Å²) in [6.07, 6.45) is 2.29. The number of benzene rings is 3. The van der Waals surface area contributed by atoms with Crippen LogP contribution in [0.4, 0.5) is 5.69 Å². The van der Waals surface area contributed by atoms with E-state index < -0.39 is 12.0 Å². The van der Waals surface area contributed by atoms with Crippen LogP contribution in [-0.4, -0.2) is 35.0 Å². The SMILES string of the molecule is CSCC[C@H](NC(=O)c1ccc(CN(Cc2ccccc2)c2ccsc2C)cc1-c1ccccc1C)C(=O)O. The maximum atomic E-state index is 13.4. The number of carbonyl (C=O) groups is 2. The van der Waals surface area contributed by atoms with Crippen LogP contribution in [0.15, 0.2) is 84.2 Å². The van der Waals surface area contributed by atoms with Crippen molar-refractivity contribution in [1.82, 2.24) is 5.32 Å². The Balaban J connectivity index is 1.71. The summed E-state index contributed by atoms with van der Waals surface area (Å²) in [5.41, 5.74) is 6.79. The lowest BCUT2D eigenvalue weighted by molar-refractivity contribution is -0.139. The molecule has 0 saturated heterocycles. The largest absolute Gasteiger partial charge is 0.480 e. The highest BCUT2D eigenvalue weighted by Gasteiger charge is 2.23. The first-order valence-electron chi connectivity index (χ1n) is 12.9. The molecule has 0 unspecified atom stereocenters. The lowest BCUT2D eigenvalue weighted by atomic mass is 9.93. The molecule has 202 valence electrons. The van der Waals surface area contributed by atoms with Gasteiger partial charge in [0.25, 0.3) is 5.91 Å². The third kappa shape index (κ3) is 7.31. The van der Waals surface area contributed by atoms with Gasteiger partial charge in [0.2, 0.25) is 0 Å². The van der Waals surface area contributed by atoms with E-state index in [2.05, 4.69) is 58.9 Å². The lowest BCUT2D eigenvalue weighted by Gasteiger charge is -2.26. The third-order valence-electron chi connectivity index (χ3n) is 6.74. The van der Waals surface area contributed by atoms with E-state index in [9.17, 15) is 14.7 Å². The molecule has 0 radical (unpaired) electrons. The number of rotatable bonds is 12. The number of aliphatic carboxylic acids is 1. The smallest absolute Gasteiger partial charge is 0.326 e. The molecular weight excluding hydrogens is 524 g/mol. The van der Waals surface area contributed by atoms with Crippen LogP contribution < -0.4 is 10.2 Å². The van der Waals surface area contributed by atoms with Gasteiger partial charge in [-0.1, -0.05) is 60.7 Å². The van der Waals surface area contributed by atoms with E-state index in [4.69, 9.17) is 0 Å². The lowest BCUT2D eigenvalue weighted by Crippen LogP contribution is -2.41. The van der Waals surface area contributed by atoms with E-state index in [0.717, 1.165) is 28.8 Å². The zero-order chi connectivity index (χ0) is 27.8. The third-order valence-corrected chi connectivity index (χ3v) is 8.22. The minimum Gasteiger partial charge on any atom is -0.480 e. The molecule has 2 N–H and O–H groups in total. The first kappa shape index (κ1) is 28.5. The Labute approximate surface area is 238 Å². The normalized spacial score (nSPS) is 11.7. The summed E-state index contributed by atoms with van der Waals surface area (Å²) in [4.78, 5) is 28.9. The summed E-state index contributed by atoms with van der Waals surface area (Å²) < 4.78 is 0. The van der Waals surface area contributed by atoms with Crippen molar-refractivity contribution in [3.8, 4) is 11.1 Å². The second-order valence-corrected chi connectivity index (χ2v) is 11.7. The summed E-state index contributed by atoms with van der Waals surface area (Å²) >= 11 is 3.29. The summed E-state index contributed by atoms with van der Waals surface area (Å²) in [5.74, 6) is -0.739. The number of amides is 1. The number of hydrogen-bond acceptors (Lipinski definition) is 5. The molecule has 3 aromatic carbocycles. The molecule has 1 atom stereocenters. The fourth-order valence-electron chi connectivity index (χ4n) is 4.67. The van der Waals surface area contributed by atoms with Crippen molar-refractivity contribution in [2.45, 2.75) is 39.4 Å². The maximum Gasteiger partial charge on any atom is 0.326 e. The Kier molecular flexibility index (Phi) is 9.85. The molecule has 7 heteroatoms. The molecule has 1 amide bonds. The van der Waals surface area contributed by atoms with Crippen LogP contribution in [0.2, 0.25) is 0 Å². The molecule has 1 aromatic heterocycles.